The van der Waals surface area contributed by atoms with Gasteiger partial charge in [-0.05, 0) is 60.7 Å². The van der Waals surface area contributed by atoms with E-state index in [0.29, 0.717) is 22.6 Å². The number of pyridine rings is 1. The zero-order valence-electron chi connectivity index (χ0n) is 16.5. The summed E-state index contributed by atoms with van der Waals surface area (Å²) >= 11 is 0. The summed E-state index contributed by atoms with van der Waals surface area (Å²) in [7, 11) is 5.30. The first-order valence-corrected chi connectivity index (χ1v) is 8.96. The largest absolute Gasteiger partial charge is 0.465 e. The van der Waals surface area contributed by atoms with Gasteiger partial charge in [-0.1, -0.05) is 0 Å². The minimum absolute atomic E-state index is 0.287. The third-order valence-electron chi connectivity index (χ3n) is 4.25. The van der Waals surface area contributed by atoms with Crippen molar-refractivity contribution in [3.05, 3.63) is 78.0 Å². The Labute approximate surface area is 169 Å². The SMILES string of the molecule is COC(=O)c1ccc(NC(=O)c2ccc(Nc3ccc(N(C)C)cc3)nc2)cc1. The molecule has 0 aliphatic carbocycles. The summed E-state index contributed by atoms with van der Waals surface area (Å²) in [6, 6.07) is 17.9. The van der Waals surface area contributed by atoms with Gasteiger partial charge in [0.25, 0.3) is 5.91 Å². The minimum atomic E-state index is -0.425. The minimum Gasteiger partial charge on any atom is -0.465 e. The summed E-state index contributed by atoms with van der Waals surface area (Å²) in [6.45, 7) is 0. The number of esters is 1. The predicted molar refractivity (Wildman–Crippen MR) is 114 cm³/mol. The molecule has 0 fully saturated rings. The summed E-state index contributed by atoms with van der Waals surface area (Å²) in [5, 5.41) is 5.98. The van der Waals surface area contributed by atoms with Gasteiger partial charge >= 0.3 is 5.97 Å². The molecule has 3 aromatic rings. The van der Waals surface area contributed by atoms with Crippen molar-refractivity contribution in [1.82, 2.24) is 4.98 Å². The summed E-state index contributed by atoms with van der Waals surface area (Å²) in [4.78, 5) is 30.2. The van der Waals surface area contributed by atoms with E-state index in [1.165, 1.54) is 13.3 Å². The molecule has 0 saturated carbocycles. The van der Waals surface area contributed by atoms with E-state index in [9.17, 15) is 9.59 Å². The number of hydrogen-bond donors (Lipinski definition) is 2. The molecule has 0 aliphatic rings. The van der Waals surface area contributed by atoms with Crippen molar-refractivity contribution in [1.29, 1.82) is 0 Å². The average molecular weight is 390 g/mol. The smallest absolute Gasteiger partial charge is 0.337 e. The number of methoxy groups -OCH3 is 1. The number of benzene rings is 2. The van der Waals surface area contributed by atoms with Gasteiger partial charge in [0.05, 0.1) is 18.2 Å². The maximum absolute atomic E-state index is 12.4. The van der Waals surface area contributed by atoms with Crippen LogP contribution in [0.3, 0.4) is 0 Å². The van der Waals surface area contributed by atoms with Crippen LogP contribution in [0, 0.1) is 0 Å². The van der Waals surface area contributed by atoms with Gasteiger partial charge in [-0.25, -0.2) is 9.78 Å². The number of hydrogen-bond acceptors (Lipinski definition) is 6. The molecule has 29 heavy (non-hydrogen) atoms. The molecule has 1 amide bonds. The summed E-state index contributed by atoms with van der Waals surface area (Å²) < 4.78 is 4.65. The molecule has 2 aromatic carbocycles. The molecule has 0 aliphatic heterocycles. The number of aromatic nitrogens is 1. The van der Waals surface area contributed by atoms with E-state index in [0.717, 1.165) is 11.4 Å². The van der Waals surface area contributed by atoms with Crippen molar-refractivity contribution >= 4 is 34.8 Å². The van der Waals surface area contributed by atoms with Crippen molar-refractivity contribution in [2.24, 2.45) is 0 Å². The number of carbonyl (C=O) groups excluding carboxylic acids is 2. The molecule has 0 bridgehead atoms. The van der Waals surface area contributed by atoms with Crippen LogP contribution >= 0.6 is 0 Å². The highest BCUT2D eigenvalue weighted by molar-refractivity contribution is 6.04. The van der Waals surface area contributed by atoms with E-state index in [1.54, 1.807) is 36.4 Å². The molecule has 0 atom stereocenters. The molecule has 1 aromatic heterocycles. The first kappa shape index (κ1) is 19.9. The van der Waals surface area contributed by atoms with Gasteiger partial charge < -0.3 is 20.3 Å². The second-order valence-electron chi connectivity index (χ2n) is 6.52. The molecule has 1 heterocycles. The Morgan fingerprint density at radius 1 is 0.862 bits per heavy atom. The van der Waals surface area contributed by atoms with Gasteiger partial charge in [0.15, 0.2) is 0 Å². The first-order chi connectivity index (χ1) is 14.0. The Kier molecular flexibility index (Phi) is 6.09. The molecule has 0 spiro atoms. The number of amides is 1. The summed E-state index contributed by atoms with van der Waals surface area (Å²) in [5.74, 6) is -0.0710. The van der Waals surface area contributed by atoms with Gasteiger partial charge in [0, 0.05) is 37.4 Å². The molecular formula is C22H22N4O3. The lowest BCUT2D eigenvalue weighted by atomic mass is 10.2. The van der Waals surface area contributed by atoms with Crippen LogP contribution in [0.1, 0.15) is 20.7 Å². The van der Waals surface area contributed by atoms with E-state index in [-0.39, 0.29) is 5.91 Å². The van der Waals surface area contributed by atoms with Gasteiger partial charge in [0.2, 0.25) is 0 Å². The van der Waals surface area contributed by atoms with Crippen LogP contribution in [0.25, 0.3) is 0 Å². The molecule has 0 radical (unpaired) electrons. The number of nitrogens with one attached hydrogen (secondary N) is 2. The summed E-state index contributed by atoms with van der Waals surface area (Å²) in [6.07, 6.45) is 1.51. The van der Waals surface area contributed by atoms with Gasteiger partial charge in [-0.15, -0.1) is 0 Å². The Balaban J connectivity index is 1.61. The molecule has 3 rings (SSSR count). The zero-order chi connectivity index (χ0) is 20.8. The van der Waals surface area contributed by atoms with Crippen LogP contribution in [0.4, 0.5) is 22.9 Å². The van der Waals surface area contributed by atoms with E-state index in [1.807, 2.05) is 43.3 Å². The average Bonchev–Trinajstić information content (AvgIpc) is 2.74. The number of anilines is 4. The number of ether oxygens (including phenoxy) is 1. The molecule has 7 nitrogen and oxygen atoms in total. The van der Waals surface area contributed by atoms with Crippen LogP contribution in [0.15, 0.2) is 66.9 Å². The molecule has 148 valence electrons. The molecule has 0 unspecified atom stereocenters. The van der Waals surface area contributed by atoms with Crippen molar-refractivity contribution < 1.29 is 14.3 Å². The molecular weight excluding hydrogens is 368 g/mol. The van der Waals surface area contributed by atoms with E-state index >= 15 is 0 Å². The third-order valence-corrected chi connectivity index (χ3v) is 4.25. The van der Waals surface area contributed by atoms with Crippen LogP contribution in [-0.2, 0) is 4.74 Å². The van der Waals surface area contributed by atoms with Crippen LogP contribution in [-0.4, -0.2) is 38.1 Å². The second kappa shape index (κ2) is 8.88. The van der Waals surface area contributed by atoms with Crippen molar-refractivity contribution in [2.75, 3.05) is 36.7 Å². The van der Waals surface area contributed by atoms with Crippen LogP contribution in [0.5, 0.6) is 0 Å². The second-order valence-corrected chi connectivity index (χ2v) is 6.52. The standard InChI is InChI=1S/C22H22N4O3/c1-26(2)19-11-9-17(10-12-19)24-20-13-6-16(14-23-20)21(27)25-18-7-4-15(5-8-18)22(28)29-3/h4-14H,1-3H3,(H,23,24)(H,25,27). The highest BCUT2D eigenvalue weighted by Crippen LogP contribution is 2.19. The summed E-state index contributed by atoms with van der Waals surface area (Å²) in [5.41, 5.74) is 3.43. The van der Waals surface area contributed by atoms with Crippen LogP contribution in [0.2, 0.25) is 0 Å². The maximum atomic E-state index is 12.4. The lowest BCUT2D eigenvalue weighted by molar-refractivity contribution is 0.0600. The highest BCUT2D eigenvalue weighted by Gasteiger charge is 2.09. The predicted octanol–water partition coefficient (Wildman–Crippen LogP) is 3.93. The molecule has 7 heteroatoms. The van der Waals surface area contributed by atoms with Gasteiger partial charge in [0.1, 0.15) is 5.82 Å². The monoisotopic (exact) mass is 390 g/mol. The number of nitrogens with zero attached hydrogens (tertiary/aromatic N) is 2. The fraction of sp³-hybridized carbons (Fsp3) is 0.136. The van der Waals surface area contributed by atoms with E-state index in [4.69, 9.17) is 0 Å². The zero-order valence-corrected chi connectivity index (χ0v) is 16.5. The normalized spacial score (nSPS) is 10.2. The molecule has 2 N–H and O–H groups in total. The Morgan fingerprint density at radius 2 is 1.48 bits per heavy atom. The Bertz CT molecular complexity index is 982. The maximum Gasteiger partial charge on any atom is 0.337 e. The fourth-order valence-electron chi connectivity index (χ4n) is 2.60. The quantitative estimate of drug-likeness (QED) is 0.621. The molecule has 0 saturated heterocycles. The lowest BCUT2D eigenvalue weighted by Gasteiger charge is -2.13. The fourth-order valence-corrected chi connectivity index (χ4v) is 2.60. The highest BCUT2D eigenvalue weighted by atomic mass is 16.5. The van der Waals surface area contributed by atoms with Gasteiger partial charge in [-0.2, -0.15) is 0 Å². The van der Waals surface area contributed by atoms with Crippen LogP contribution < -0.4 is 15.5 Å². The van der Waals surface area contributed by atoms with Crippen molar-refractivity contribution in [2.45, 2.75) is 0 Å². The van der Waals surface area contributed by atoms with Crippen molar-refractivity contribution in [3.8, 4) is 0 Å². The first-order valence-electron chi connectivity index (χ1n) is 8.96. The van der Waals surface area contributed by atoms with Gasteiger partial charge in [-0.3, -0.25) is 4.79 Å². The topological polar surface area (TPSA) is 83.6 Å². The Morgan fingerprint density at radius 3 is 2.03 bits per heavy atom. The third kappa shape index (κ3) is 5.10. The van der Waals surface area contributed by atoms with E-state index < -0.39 is 5.97 Å². The van der Waals surface area contributed by atoms with Crippen molar-refractivity contribution in [3.63, 3.8) is 0 Å². The lowest BCUT2D eigenvalue weighted by Crippen LogP contribution is -2.12. The number of rotatable bonds is 6. The Hall–Kier alpha value is -3.87. The van der Waals surface area contributed by atoms with E-state index in [2.05, 4.69) is 20.4 Å². The number of carbonyl (C=O) groups is 2.